The van der Waals surface area contributed by atoms with Gasteiger partial charge in [-0.1, -0.05) is 25.1 Å². The van der Waals surface area contributed by atoms with E-state index in [4.69, 9.17) is 21.7 Å². The summed E-state index contributed by atoms with van der Waals surface area (Å²) in [6, 6.07) is 13.4. The minimum Gasteiger partial charge on any atom is -0.481 e. The van der Waals surface area contributed by atoms with Crippen LogP contribution >= 0.6 is 12.2 Å². The van der Waals surface area contributed by atoms with Gasteiger partial charge in [-0.05, 0) is 42.4 Å². The fourth-order valence-electron chi connectivity index (χ4n) is 1.76. The highest BCUT2D eigenvalue weighted by atomic mass is 32.1. The Labute approximate surface area is 130 Å². The van der Waals surface area contributed by atoms with Gasteiger partial charge in [0, 0.05) is 13.1 Å². The maximum atomic E-state index is 5.68. The molecule has 0 fully saturated rings. The molecule has 2 rings (SSSR count). The minimum absolute atomic E-state index is 0.333. The molecule has 0 radical (unpaired) electrons. The van der Waals surface area contributed by atoms with E-state index in [-0.39, 0.29) is 0 Å². The quantitative estimate of drug-likeness (QED) is 0.808. The summed E-state index contributed by atoms with van der Waals surface area (Å²) in [5.74, 6) is 1.92. The number of benzene rings is 1. The molecule has 0 unspecified atom stereocenters. The van der Waals surface area contributed by atoms with E-state index in [0.29, 0.717) is 22.6 Å². The number of anilines is 1. The van der Waals surface area contributed by atoms with E-state index in [1.807, 2.05) is 43.4 Å². The summed E-state index contributed by atoms with van der Waals surface area (Å²) >= 11 is 5.30. The van der Waals surface area contributed by atoms with Gasteiger partial charge in [-0.25, -0.2) is 0 Å². The molecule has 5 heteroatoms. The number of hydrogen-bond acceptors (Lipinski definition) is 4. The van der Waals surface area contributed by atoms with Crippen molar-refractivity contribution in [2.75, 3.05) is 19.1 Å². The molecule has 0 N–H and O–H groups in total. The van der Waals surface area contributed by atoms with Gasteiger partial charge in [-0.2, -0.15) is 4.98 Å². The third-order valence-electron chi connectivity index (χ3n) is 3.07. The molecule has 2 aromatic rings. The summed E-state index contributed by atoms with van der Waals surface area (Å²) < 4.78 is 10.8. The lowest BCUT2D eigenvalue weighted by Gasteiger charge is -2.19. The van der Waals surface area contributed by atoms with Gasteiger partial charge < -0.3 is 9.47 Å². The molecule has 1 aromatic heterocycles. The average Bonchev–Trinajstić information content (AvgIpc) is 2.54. The molecule has 1 aromatic carbocycles. The summed E-state index contributed by atoms with van der Waals surface area (Å²) in [5, 5.41) is 0.333. The van der Waals surface area contributed by atoms with Crippen LogP contribution in [-0.4, -0.2) is 24.3 Å². The summed E-state index contributed by atoms with van der Waals surface area (Å²) in [6.45, 7) is 2.11. The number of thiocarbonyl (C=S) groups is 1. The molecule has 0 saturated heterocycles. The first kappa shape index (κ1) is 15.3. The van der Waals surface area contributed by atoms with Crippen molar-refractivity contribution in [3.63, 3.8) is 0 Å². The van der Waals surface area contributed by atoms with Crippen LogP contribution in [0.25, 0.3) is 0 Å². The summed E-state index contributed by atoms with van der Waals surface area (Å²) in [6.07, 6.45) is 0.998. The van der Waals surface area contributed by atoms with Crippen molar-refractivity contribution in [1.82, 2.24) is 4.98 Å². The Kier molecular flexibility index (Phi) is 5.11. The molecule has 0 spiro atoms. The third kappa shape index (κ3) is 3.92. The first-order valence-corrected chi connectivity index (χ1v) is 7.10. The van der Waals surface area contributed by atoms with Crippen LogP contribution in [0.3, 0.4) is 0 Å². The van der Waals surface area contributed by atoms with E-state index in [1.54, 1.807) is 18.1 Å². The number of rotatable bonds is 4. The second-order valence-corrected chi connectivity index (χ2v) is 4.81. The SMILES string of the molecule is CCc1ccc(OC(=S)N(C)c2cccc(OC)n2)cc1. The zero-order valence-corrected chi connectivity index (χ0v) is 13.2. The number of aromatic nitrogens is 1. The van der Waals surface area contributed by atoms with E-state index in [9.17, 15) is 0 Å². The predicted octanol–water partition coefficient (Wildman–Crippen LogP) is 3.45. The van der Waals surface area contributed by atoms with Gasteiger partial charge in [-0.3, -0.25) is 4.90 Å². The predicted molar refractivity (Wildman–Crippen MR) is 88.2 cm³/mol. The third-order valence-corrected chi connectivity index (χ3v) is 3.43. The van der Waals surface area contributed by atoms with E-state index in [1.165, 1.54) is 5.56 Å². The molecular formula is C16H18N2O2S. The van der Waals surface area contributed by atoms with Gasteiger partial charge in [0.1, 0.15) is 11.6 Å². The Morgan fingerprint density at radius 3 is 2.52 bits per heavy atom. The molecular weight excluding hydrogens is 284 g/mol. The molecule has 0 amide bonds. The average molecular weight is 302 g/mol. The fourth-order valence-corrected chi connectivity index (χ4v) is 1.95. The van der Waals surface area contributed by atoms with Crippen molar-refractivity contribution in [3.05, 3.63) is 48.0 Å². The molecule has 0 aliphatic heterocycles. The van der Waals surface area contributed by atoms with Gasteiger partial charge in [0.05, 0.1) is 7.11 Å². The minimum atomic E-state index is 0.333. The van der Waals surface area contributed by atoms with Crippen molar-refractivity contribution < 1.29 is 9.47 Å². The Bertz CT molecular complexity index is 614. The van der Waals surface area contributed by atoms with Crippen molar-refractivity contribution >= 4 is 23.2 Å². The molecule has 0 atom stereocenters. The van der Waals surface area contributed by atoms with Crippen LogP contribution in [0.1, 0.15) is 12.5 Å². The monoisotopic (exact) mass is 302 g/mol. The van der Waals surface area contributed by atoms with E-state index in [0.717, 1.165) is 6.42 Å². The number of nitrogens with zero attached hydrogens (tertiary/aromatic N) is 2. The van der Waals surface area contributed by atoms with E-state index >= 15 is 0 Å². The highest BCUT2D eigenvalue weighted by molar-refractivity contribution is 7.80. The zero-order chi connectivity index (χ0) is 15.2. The number of pyridine rings is 1. The molecule has 110 valence electrons. The van der Waals surface area contributed by atoms with Gasteiger partial charge in [0.2, 0.25) is 5.88 Å². The molecule has 0 aliphatic rings. The Hall–Kier alpha value is -2.14. The zero-order valence-electron chi connectivity index (χ0n) is 12.4. The van der Waals surface area contributed by atoms with Crippen molar-refractivity contribution in [1.29, 1.82) is 0 Å². The Morgan fingerprint density at radius 2 is 1.90 bits per heavy atom. The van der Waals surface area contributed by atoms with Crippen molar-refractivity contribution in [2.45, 2.75) is 13.3 Å². The smallest absolute Gasteiger partial charge is 0.270 e. The lowest BCUT2D eigenvalue weighted by Crippen LogP contribution is -2.29. The van der Waals surface area contributed by atoms with Crippen LogP contribution in [0.4, 0.5) is 5.82 Å². The standard InChI is InChI=1S/C16H18N2O2S/c1-4-12-8-10-13(11-9-12)20-16(21)18(2)14-6-5-7-15(17-14)19-3/h5-11H,4H2,1-3H3. The van der Waals surface area contributed by atoms with E-state index in [2.05, 4.69) is 11.9 Å². The van der Waals surface area contributed by atoms with Crippen molar-refractivity contribution in [3.8, 4) is 11.6 Å². The van der Waals surface area contributed by atoms with Gasteiger partial charge >= 0.3 is 0 Å². The molecule has 0 aliphatic carbocycles. The van der Waals surface area contributed by atoms with Crippen LogP contribution in [0.2, 0.25) is 0 Å². The van der Waals surface area contributed by atoms with Gasteiger partial charge in [0.25, 0.3) is 5.17 Å². The number of aryl methyl sites for hydroxylation is 1. The maximum Gasteiger partial charge on any atom is 0.270 e. The van der Waals surface area contributed by atoms with Crippen LogP contribution in [0.15, 0.2) is 42.5 Å². The second-order valence-electron chi connectivity index (χ2n) is 4.46. The van der Waals surface area contributed by atoms with Gasteiger partial charge in [0.15, 0.2) is 0 Å². The molecule has 4 nitrogen and oxygen atoms in total. The van der Waals surface area contributed by atoms with Gasteiger partial charge in [-0.15, -0.1) is 0 Å². The van der Waals surface area contributed by atoms with Crippen LogP contribution in [0, 0.1) is 0 Å². The number of methoxy groups -OCH3 is 1. The normalized spacial score (nSPS) is 10.0. The van der Waals surface area contributed by atoms with Crippen LogP contribution in [0.5, 0.6) is 11.6 Å². The van der Waals surface area contributed by atoms with E-state index < -0.39 is 0 Å². The second kappa shape index (κ2) is 7.04. The first-order chi connectivity index (χ1) is 10.1. The molecule has 0 bridgehead atoms. The van der Waals surface area contributed by atoms with Crippen molar-refractivity contribution in [2.24, 2.45) is 0 Å². The number of ether oxygens (including phenoxy) is 2. The summed E-state index contributed by atoms with van der Waals surface area (Å²) in [4.78, 5) is 6.02. The summed E-state index contributed by atoms with van der Waals surface area (Å²) in [7, 11) is 3.39. The lowest BCUT2D eigenvalue weighted by molar-refractivity contribution is 0.398. The highest BCUT2D eigenvalue weighted by Gasteiger charge is 2.11. The largest absolute Gasteiger partial charge is 0.481 e. The van der Waals surface area contributed by atoms with Crippen LogP contribution < -0.4 is 14.4 Å². The molecule has 21 heavy (non-hydrogen) atoms. The molecule has 0 saturated carbocycles. The maximum absolute atomic E-state index is 5.68. The first-order valence-electron chi connectivity index (χ1n) is 6.69. The van der Waals surface area contributed by atoms with Crippen LogP contribution in [-0.2, 0) is 6.42 Å². The molecule has 1 heterocycles. The topological polar surface area (TPSA) is 34.6 Å². The highest BCUT2D eigenvalue weighted by Crippen LogP contribution is 2.18. The Morgan fingerprint density at radius 1 is 1.19 bits per heavy atom. The Balaban J connectivity index is 2.07. The summed E-state index contributed by atoms with van der Waals surface area (Å²) in [5.41, 5.74) is 1.26. The number of hydrogen-bond donors (Lipinski definition) is 0. The lowest BCUT2D eigenvalue weighted by atomic mass is 10.2. The fraction of sp³-hybridized carbons (Fsp3) is 0.250.